The third-order valence-electron chi connectivity index (χ3n) is 2.37. The van der Waals surface area contributed by atoms with Crippen LogP contribution in [-0.4, -0.2) is 0 Å². The molecule has 0 radical (unpaired) electrons. The molecule has 2 rings (SSSR count). The van der Waals surface area contributed by atoms with E-state index < -0.39 is 0 Å². The predicted octanol–water partition coefficient (Wildman–Crippen LogP) is 3.35. The minimum Gasteiger partial charge on any atom is -0.397 e. The number of nitrogens with one attached hydrogen (secondary N) is 1. The molecule has 0 bridgehead atoms. The van der Waals surface area contributed by atoms with Crippen LogP contribution < -0.4 is 11.1 Å². The molecule has 0 aliphatic heterocycles. The molecule has 0 heterocycles. The Labute approximate surface area is 95.4 Å². The highest BCUT2D eigenvalue weighted by atomic mass is 14.9. The molecule has 0 aliphatic rings. The van der Waals surface area contributed by atoms with E-state index in [1.54, 1.807) is 0 Å². The molecule has 0 saturated heterocycles. The zero-order valence-corrected chi connectivity index (χ0v) is 8.98. The SMILES string of the molecule is C=C(Nc1ccccc1N)c1ccccc1. The van der Waals surface area contributed by atoms with Crippen molar-refractivity contribution in [3.8, 4) is 0 Å². The summed E-state index contributed by atoms with van der Waals surface area (Å²) >= 11 is 0. The van der Waals surface area contributed by atoms with E-state index in [2.05, 4.69) is 11.9 Å². The first kappa shape index (κ1) is 10.3. The van der Waals surface area contributed by atoms with Gasteiger partial charge in [0.25, 0.3) is 0 Å². The summed E-state index contributed by atoms with van der Waals surface area (Å²) in [4.78, 5) is 0. The number of para-hydroxylation sites is 2. The maximum absolute atomic E-state index is 5.84. The van der Waals surface area contributed by atoms with E-state index in [-0.39, 0.29) is 0 Å². The number of benzene rings is 2. The number of hydrogen-bond donors (Lipinski definition) is 2. The van der Waals surface area contributed by atoms with Crippen LogP contribution in [0.15, 0.2) is 61.2 Å². The summed E-state index contributed by atoms with van der Waals surface area (Å²) in [6, 6.07) is 17.6. The zero-order valence-electron chi connectivity index (χ0n) is 8.98. The third kappa shape index (κ3) is 2.23. The molecule has 0 spiro atoms. The quantitative estimate of drug-likeness (QED) is 0.762. The van der Waals surface area contributed by atoms with Gasteiger partial charge >= 0.3 is 0 Å². The summed E-state index contributed by atoms with van der Waals surface area (Å²) in [6.07, 6.45) is 0. The molecule has 2 heteroatoms. The summed E-state index contributed by atoms with van der Waals surface area (Å²) in [6.45, 7) is 3.99. The van der Waals surface area contributed by atoms with Crippen molar-refractivity contribution in [3.63, 3.8) is 0 Å². The lowest BCUT2D eigenvalue weighted by atomic mass is 10.1. The maximum Gasteiger partial charge on any atom is 0.0617 e. The monoisotopic (exact) mass is 210 g/mol. The van der Waals surface area contributed by atoms with Gasteiger partial charge in [-0.25, -0.2) is 0 Å². The number of hydrogen-bond acceptors (Lipinski definition) is 2. The van der Waals surface area contributed by atoms with Gasteiger partial charge in [-0.15, -0.1) is 0 Å². The third-order valence-corrected chi connectivity index (χ3v) is 2.37. The van der Waals surface area contributed by atoms with Crippen molar-refractivity contribution in [1.29, 1.82) is 0 Å². The Balaban J connectivity index is 2.18. The largest absolute Gasteiger partial charge is 0.397 e. The molecule has 0 unspecified atom stereocenters. The Hall–Kier alpha value is -2.22. The van der Waals surface area contributed by atoms with Gasteiger partial charge in [-0.05, 0) is 17.7 Å². The maximum atomic E-state index is 5.84. The Bertz CT molecular complexity index is 489. The average Bonchev–Trinajstić information content (AvgIpc) is 2.33. The minimum absolute atomic E-state index is 0.722. The Morgan fingerprint density at radius 2 is 1.56 bits per heavy atom. The highest BCUT2D eigenvalue weighted by molar-refractivity contribution is 5.80. The normalized spacial score (nSPS) is 9.75. The second-order valence-corrected chi connectivity index (χ2v) is 3.56. The molecule has 2 aromatic carbocycles. The van der Waals surface area contributed by atoms with Gasteiger partial charge in [0.15, 0.2) is 0 Å². The van der Waals surface area contributed by atoms with Crippen LogP contribution in [0.3, 0.4) is 0 Å². The van der Waals surface area contributed by atoms with Crippen LogP contribution in [0.25, 0.3) is 5.70 Å². The molecule has 0 atom stereocenters. The first-order valence-corrected chi connectivity index (χ1v) is 5.13. The van der Waals surface area contributed by atoms with Gasteiger partial charge in [0.2, 0.25) is 0 Å². The van der Waals surface area contributed by atoms with E-state index in [0.717, 1.165) is 22.6 Å². The van der Waals surface area contributed by atoms with Crippen LogP contribution in [0.4, 0.5) is 11.4 Å². The molecule has 3 N–H and O–H groups in total. The first-order valence-electron chi connectivity index (χ1n) is 5.13. The summed E-state index contributed by atoms with van der Waals surface area (Å²) in [5.41, 5.74) is 9.36. The van der Waals surface area contributed by atoms with E-state index in [0.29, 0.717) is 0 Å². The fourth-order valence-electron chi connectivity index (χ4n) is 1.48. The van der Waals surface area contributed by atoms with Crippen LogP contribution >= 0.6 is 0 Å². The van der Waals surface area contributed by atoms with Crippen LogP contribution in [0, 0.1) is 0 Å². The molecule has 0 saturated carbocycles. The van der Waals surface area contributed by atoms with E-state index in [4.69, 9.17) is 5.73 Å². The summed E-state index contributed by atoms with van der Waals surface area (Å²) in [7, 11) is 0. The van der Waals surface area contributed by atoms with E-state index >= 15 is 0 Å². The van der Waals surface area contributed by atoms with Gasteiger partial charge in [-0.3, -0.25) is 0 Å². The molecule has 0 aromatic heterocycles. The van der Waals surface area contributed by atoms with E-state index in [1.165, 1.54) is 0 Å². The van der Waals surface area contributed by atoms with Gasteiger partial charge < -0.3 is 11.1 Å². The summed E-state index contributed by atoms with van der Waals surface area (Å²) in [5.74, 6) is 0. The minimum atomic E-state index is 0.722. The Kier molecular flexibility index (Phi) is 2.92. The van der Waals surface area contributed by atoms with Crippen LogP contribution in [0.5, 0.6) is 0 Å². The smallest absolute Gasteiger partial charge is 0.0617 e. The average molecular weight is 210 g/mol. The van der Waals surface area contributed by atoms with Crippen LogP contribution in [0.2, 0.25) is 0 Å². The topological polar surface area (TPSA) is 38.0 Å². The molecular weight excluding hydrogens is 196 g/mol. The number of nitrogens with two attached hydrogens (primary N) is 1. The molecule has 0 amide bonds. The van der Waals surface area contributed by atoms with Crippen molar-refractivity contribution in [1.82, 2.24) is 0 Å². The highest BCUT2D eigenvalue weighted by Gasteiger charge is 2.00. The van der Waals surface area contributed by atoms with Crippen molar-refractivity contribution in [2.75, 3.05) is 11.1 Å². The first-order chi connectivity index (χ1) is 7.77. The number of nitrogen functional groups attached to an aromatic ring is 1. The van der Waals surface area contributed by atoms with Crippen molar-refractivity contribution in [2.45, 2.75) is 0 Å². The fraction of sp³-hybridized carbons (Fsp3) is 0. The van der Waals surface area contributed by atoms with Crippen molar-refractivity contribution < 1.29 is 0 Å². The lowest BCUT2D eigenvalue weighted by Gasteiger charge is -2.11. The lowest BCUT2D eigenvalue weighted by molar-refractivity contribution is 1.54. The summed E-state index contributed by atoms with van der Waals surface area (Å²) in [5, 5.41) is 3.21. The molecular formula is C14H14N2. The fourth-order valence-corrected chi connectivity index (χ4v) is 1.48. The molecule has 2 nitrogen and oxygen atoms in total. The van der Waals surface area contributed by atoms with Crippen molar-refractivity contribution >= 4 is 17.1 Å². The second kappa shape index (κ2) is 4.53. The molecule has 16 heavy (non-hydrogen) atoms. The zero-order chi connectivity index (χ0) is 11.4. The molecule has 0 aliphatic carbocycles. The predicted molar refractivity (Wildman–Crippen MR) is 70.0 cm³/mol. The van der Waals surface area contributed by atoms with E-state index in [1.807, 2.05) is 54.6 Å². The summed E-state index contributed by atoms with van der Waals surface area (Å²) < 4.78 is 0. The Morgan fingerprint density at radius 1 is 0.938 bits per heavy atom. The van der Waals surface area contributed by atoms with Gasteiger partial charge in [-0.2, -0.15) is 0 Å². The molecule has 2 aromatic rings. The highest BCUT2D eigenvalue weighted by Crippen LogP contribution is 2.21. The van der Waals surface area contributed by atoms with Crippen LogP contribution in [0.1, 0.15) is 5.56 Å². The molecule has 0 fully saturated rings. The molecule has 80 valence electrons. The van der Waals surface area contributed by atoms with Gasteiger partial charge in [0.1, 0.15) is 0 Å². The van der Waals surface area contributed by atoms with Crippen molar-refractivity contribution in [2.24, 2.45) is 0 Å². The lowest BCUT2D eigenvalue weighted by Crippen LogP contribution is -2.00. The Morgan fingerprint density at radius 3 is 2.25 bits per heavy atom. The second-order valence-electron chi connectivity index (χ2n) is 3.56. The number of anilines is 2. The van der Waals surface area contributed by atoms with Gasteiger partial charge in [0.05, 0.1) is 11.4 Å². The van der Waals surface area contributed by atoms with Crippen LogP contribution in [-0.2, 0) is 0 Å². The van der Waals surface area contributed by atoms with E-state index in [9.17, 15) is 0 Å². The van der Waals surface area contributed by atoms with Crippen molar-refractivity contribution in [3.05, 3.63) is 66.7 Å². The number of rotatable bonds is 3. The van der Waals surface area contributed by atoms with Gasteiger partial charge in [0, 0.05) is 5.70 Å². The standard InChI is InChI=1S/C14H14N2/c1-11(12-7-3-2-4-8-12)16-14-10-6-5-9-13(14)15/h2-10,16H,1,15H2. The van der Waals surface area contributed by atoms with Gasteiger partial charge in [-0.1, -0.05) is 49.0 Å².